The van der Waals surface area contributed by atoms with Crippen LogP contribution >= 0.6 is 0 Å². The number of piperazine rings is 1. The topological polar surface area (TPSA) is 67.7 Å². The zero-order chi connectivity index (χ0) is 21.3. The normalized spacial score (nSPS) is 20.9. The predicted octanol–water partition coefficient (Wildman–Crippen LogP) is 2.25. The maximum absolute atomic E-state index is 13.7. The van der Waals surface area contributed by atoms with Gasteiger partial charge in [-0.3, -0.25) is 14.3 Å². The van der Waals surface area contributed by atoms with Crippen LogP contribution in [-0.2, 0) is 27.9 Å². The first-order chi connectivity index (χ1) is 15.2. The number of hydrogen-bond acceptors (Lipinski definition) is 4. The van der Waals surface area contributed by atoms with Crippen molar-refractivity contribution in [1.82, 2.24) is 19.6 Å². The molecule has 0 spiro atoms. The SMILES string of the molecule is O=C(c1cnn2c1CCCC2)N1CCN(C(=O)C2(c3ccccc3)CCOCC2)CC1. The molecule has 5 rings (SSSR count). The van der Waals surface area contributed by atoms with Crippen LogP contribution in [0.4, 0.5) is 0 Å². The van der Waals surface area contributed by atoms with Gasteiger partial charge in [-0.1, -0.05) is 30.3 Å². The molecule has 7 nitrogen and oxygen atoms in total. The summed E-state index contributed by atoms with van der Waals surface area (Å²) in [6.07, 6.45) is 6.29. The van der Waals surface area contributed by atoms with Crippen molar-refractivity contribution >= 4 is 11.8 Å². The van der Waals surface area contributed by atoms with Gasteiger partial charge >= 0.3 is 0 Å². The first kappa shape index (κ1) is 20.2. The Morgan fingerprint density at radius 1 is 0.903 bits per heavy atom. The minimum Gasteiger partial charge on any atom is -0.381 e. The van der Waals surface area contributed by atoms with Gasteiger partial charge in [0.15, 0.2) is 0 Å². The zero-order valence-corrected chi connectivity index (χ0v) is 18.0. The third-order valence-corrected chi connectivity index (χ3v) is 7.15. The largest absolute Gasteiger partial charge is 0.381 e. The van der Waals surface area contributed by atoms with E-state index < -0.39 is 5.41 Å². The summed E-state index contributed by atoms with van der Waals surface area (Å²) in [5, 5.41) is 4.41. The van der Waals surface area contributed by atoms with Gasteiger partial charge in [0.2, 0.25) is 5.91 Å². The molecular weight excluding hydrogens is 392 g/mol. The van der Waals surface area contributed by atoms with E-state index in [2.05, 4.69) is 17.2 Å². The molecule has 0 N–H and O–H groups in total. The van der Waals surface area contributed by atoms with Crippen LogP contribution in [0.15, 0.2) is 36.5 Å². The lowest BCUT2D eigenvalue weighted by Crippen LogP contribution is -2.56. The molecule has 2 amide bonds. The van der Waals surface area contributed by atoms with Crippen molar-refractivity contribution in [3.63, 3.8) is 0 Å². The number of hydrogen-bond donors (Lipinski definition) is 0. The number of nitrogens with zero attached hydrogens (tertiary/aromatic N) is 4. The molecule has 4 heterocycles. The average molecular weight is 423 g/mol. The summed E-state index contributed by atoms with van der Waals surface area (Å²) in [6.45, 7) is 4.38. The van der Waals surface area contributed by atoms with Crippen molar-refractivity contribution in [3.05, 3.63) is 53.3 Å². The number of benzene rings is 1. The van der Waals surface area contributed by atoms with Gasteiger partial charge < -0.3 is 14.5 Å². The van der Waals surface area contributed by atoms with Gasteiger partial charge in [0.25, 0.3) is 5.91 Å². The number of fused-ring (bicyclic) bond motifs is 1. The number of carbonyl (C=O) groups is 2. The van der Waals surface area contributed by atoms with Gasteiger partial charge in [0, 0.05) is 45.9 Å². The highest BCUT2D eigenvalue weighted by Gasteiger charge is 2.44. The molecule has 0 saturated carbocycles. The number of aromatic nitrogens is 2. The van der Waals surface area contributed by atoms with Crippen LogP contribution in [0.3, 0.4) is 0 Å². The Balaban J connectivity index is 1.29. The monoisotopic (exact) mass is 422 g/mol. The number of amides is 2. The fourth-order valence-electron chi connectivity index (χ4n) is 5.29. The van der Waals surface area contributed by atoms with Gasteiger partial charge in [-0.05, 0) is 37.7 Å². The Hall–Kier alpha value is -2.67. The van der Waals surface area contributed by atoms with E-state index in [0.717, 1.165) is 42.6 Å². The molecular formula is C24H30N4O3. The molecule has 0 atom stereocenters. The Bertz CT molecular complexity index is 941. The van der Waals surface area contributed by atoms with Gasteiger partial charge in [-0.15, -0.1) is 0 Å². The van der Waals surface area contributed by atoms with Gasteiger partial charge in [-0.25, -0.2) is 0 Å². The van der Waals surface area contributed by atoms with Crippen molar-refractivity contribution in [2.75, 3.05) is 39.4 Å². The third-order valence-electron chi connectivity index (χ3n) is 7.15. The van der Waals surface area contributed by atoms with Gasteiger partial charge in [-0.2, -0.15) is 5.10 Å². The van der Waals surface area contributed by atoms with Crippen molar-refractivity contribution in [2.24, 2.45) is 0 Å². The minimum atomic E-state index is -0.517. The molecule has 7 heteroatoms. The Morgan fingerprint density at radius 2 is 1.61 bits per heavy atom. The molecule has 31 heavy (non-hydrogen) atoms. The van der Waals surface area contributed by atoms with E-state index in [0.29, 0.717) is 52.2 Å². The van der Waals surface area contributed by atoms with Crippen molar-refractivity contribution in [1.29, 1.82) is 0 Å². The first-order valence-corrected chi connectivity index (χ1v) is 11.5. The molecule has 2 aromatic rings. The highest BCUT2D eigenvalue weighted by Crippen LogP contribution is 2.37. The van der Waals surface area contributed by atoms with E-state index in [1.807, 2.05) is 32.7 Å². The van der Waals surface area contributed by atoms with E-state index in [-0.39, 0.29) is 11.8 Å². The molecule has 2 saturated heterocycles. The fraction of sp³-hybridized carbons (Fsp3) is 0.542. The lowest BCUT2D eigenvalue weighted by Gasteiger charge is -2.43. The van der Waals surface area contributed by atoms with E-state index in [9.17, 15) is 9.59 Å². The molecule has 3 aliphatic heterocycles. The molecule has 0 aliphatic carbocycles. The second-order valence-corrected chi connectivity index (χ2v) is 8.83. The van der Waals surface area contributed by atoms with Gasteiger partial charge in [0.05, 0.1) is 22.9 Å². The first-order valence-electron chi connectivity index (χ1n) is 11.5. The number of aryl methyl sites for hydroxylation is 1. The predicted molar refractivity (Wildman–Crippen MR) is 116 cm³/mol. The minimum absolute atomic E-state index is 0.0547. The van der Waals surface area contributed by atoms with Crippen LogP contribution in [0, 0.1) is 0 Å². The summed E-state index contributed by atoms with van der Waals surface area (Å²) in [6, 6.07) is 10.1. The fourth-order valence-corrected chi connectivity index (χ4v) is 5.29. The smallest absolute Gasteiger partial charge is 0.257 e. The molecule has 164 valence electrons. The van der Waals surface area contributed by atoms with Crippen LogP contribution in [0.5, 0.6) is 0 Å². The van der Waals surface area contributed by atoms with Crippen LogP contribution in [0.25, 0.3) is 0 Å². The summed E-state index contributed by atoms with van der Waals surface area (Å²) in [5.41, 5.74) is 2.37. The molecule has 2 fully saturated rings. The Morgan fingerprint density at radius 3 is 2.35 bits per heavy atom. The quantitative estimate of drug-likeness (QED) is 0.761. The summed E-state index contributed by atoms with van der Waals surface area (Å²) in [7, 11) is 0. The lowest BCUT2D eigenvalue weighted by molar-refractivity contribution is -0.142. The summed E-state index contributed by atoms with van der Waals surface area (Å²) in [5.74, 6) is 0.232. The molecule has 1 aromatic carbocycles. The molecule has 0 unspecified atom stereocenters. The van der Waals surface area contributed by atoms with E-state index in [1.54, 1.807) is 6.20 Å². The molecule has 0 radical (unpaired) electrons. The molecule has 3 aliphatic rings. The lowest BCUT2D eigenvalue weighted by atomic mass is 9.73. The summed E-state index contributed by atoms with van der Waals surface area (Å²) >= 11 is 0. The molecule has 0 bridgehead atoms. The average Bonchev–Trinajstić information content (AvgIpc) is 3.28. The Kier molecular flexibility index (Phi) is 5.52. The number of rotatable bonds is 3. The zero-order valence-electron chi connectivity index (χ0n) is 18.0. The van der Waals surface area contributed by atoms with E-state index >= 15 is 0 Å². The highest BCUT2D eigenvalue weighted by molar-refractivity contribution is 5.95. The van der Waals surface area contributed by atoms with Gasteiger partial charge in [0.1, 0.15) is 0 Å². The van der Waals surface area contributed by atoms with Crippen molar-refractivity contribution in [2.45, 2.75) is 44.1 Å². The van der Waals surface area contributed by atoms with Crippen LogP contribution in [0.2, 0.25) is 0 Å². The maximum atomic E-state index is 13.7. The highest BCUT2D eigenvalue weighted by atomic mass is 16.5. The van der Waals surface area contributed by atoms with E-state index in [1.165, 1.54) is 0 Å². The third kappa shape index (κ3) is 3.65. The van der Waals surface area contributed by atoms with Crippen LogP contribution in [0.1, 0.15) is 47.3 Å². The summed E-state index contributed by atoms with van der Waals surface area (Å²) in [4.78, 5) is 30.7. The second-order valence-electron chi connectivity index (χ2n) is 8.83. The number of carbonyl (C=O) groups excluding carboxylic acids is 2. The Labute approximate surface area is 183 Å². The van der Waals surface area contributed by atoms with E-state index in [4.69, 9.17) is 4.74 Å². The van der Waals surface area contributed by atoms with Crippen LogP contribution < -0.4 is 0 Å². The number of ether oxygens (including phenoxy) is 1. The van der Waals surface area contributed by atoms with Crippen molar-refractivity contribution < 1.29 is 14.3 Å². The molecule has 1 aromatic heterocycles. The summed E-state index contributed by atoms with van der Waals surface area (Å²) < 4.78 is 7.56. The van der Waals surface area contributed by atoms with Crippen LogP contribution in [-0.4, -0.2) is 70.8 Å². The standard InChI is InChI=1S/C24H30N4O3/c29-22(20-18-25-28-11-5-4-8-21(20)28)26-12-14-27(15-13-26)23(30)24(9-16-31-17-10-24)19-6-2-1-3-7-19/h1-3,6-7,18H,4-5,8-17H2. The van der Waals surface area contributed by atoms with Crippen molar-refractivity contribution in [3.8, 4) is 0 Å². The maximum Gasteiger partial charge on any atom is 0.257 e. The second kappa shape index (κ2) is 8.46.